The van der Waals surface area contributed by atoms with Gasteiger partial charge in [0, 0.05) is 18.0 Å². The van der Waals surface area contributed by atoms with E-state index < -0.39 is 6.10 Å². The largest absolute Gasteiger partial charge is 0.389 e. The van der Waals surface area contributed by atoms with Crippen molar-refractivity contribution in [2.75, 3.05) is 0 Å². The molecular formula is C14H14Br2N2O2. The molecule has 4 nitrogen and oxygen atoms in total. The van der Waals surface area contributed by atoms with Crippen LogP contribution in [-0.4, -0.2) is 20.9 Å². The molecule has 0 spiro atoms. The van der Waals surface area contributed by atoms with Crippen LogP contribution in [0.15, 0.2) is 45.9 Å². The molecule has 1 unspecified atom stereocenters. The van der Waals surface area contributed by atoms with Crippen molar-refractivity contribution in [3.05, 3.63) is 57.0 Å². The first kappa shape index (κ1) is 16.9. The van der Waals surface area contributed by atoms with Gasteiger partial charge >= 0.3 is 0 Å². The predicted octanol–water partition coefficient (Wildman–Crippen LogP) is 3.94. The molecule has 0 amide bonds. The zero-order valence-electron chi connectivity index (χ0n) is 11.0. The van der Waals surface area contributed by atoms with Crippen LogP contribution in [0.5, 0.6) is 0 Å². The van der Waals surface area contributed by atoms with E-state index in [1.54, 1.807) is 31.5 Å². The van der Waals surface area contributed by atoms with Gasteiger partial charge in [0.1, 0.15) is 9.21 Å². The number of hydrogen-bond acceptors (Lipinski definition) is 4. The fraction of sp³-hybridized carbons (Fsp3) is 0.214. The number of aliphatic hydroxyl groups excluding tert-OH is 1. The normalized spacial score (nSPS) is 11.2. The van der Waals surface area contributed by atoms with Gasteiger partial charge in [0.25, 0.3) is 0 Å². The summed E-state index contributed by atoms with van der Waals surface area (Å²) in [6, 6.07) is 7.12. The Balaban J connectivity index is 0.000000200. The third-order valence-electron chi connectivity index (χ3n) is 2.37. The second kappa shape index (κ2) is 8.24. The Hall–Kier alpha value is -1.11. The molecule has 0 bridgehead atoms. The van der Waals surface area contributed by atoms with Crippen molar-refractivity contribution < 1.29 is 9.90 Å². The number of rotatable bonds is 2. The molecule has 2 aromatic rings. The van der Waals surface area contributed by atoms with E-state index in [0.29, 0.717) is 5.56 Å². The monoisotopic (exact) mass is 400 g/mol. The van der Waals surface area contributed by atoms with E-state index in [9.17, 15) is 4.79 Å². The molecule has 1 atom stereocenters. The molecule has 0 saturated carbocycles. The van der Waals surface area contributed by atoms with Crippen molar-refractivity contribution >= 4 is 37.6 Å². The second-order valence-electron chi connectivity index (χ2n) is 4.02. The zero-order valence-corrected chi connectivity index (χ0v) is 14.2. The van der Waals surface area contributed by atoms with Gasteiger partial charge in [-0.25, -0.2) is 9.97 Å². The highest BCUT2D eigenvalue weighted by atomic mass is 79.9. The van der Waals surface area contributed by atoms with Gasteiger partial charge in [0.05, 0.1) is 6.10 Å². The highest BCUT2D eigenvalue weighted by Crippen LogP contribution is 2.12. The lowest BCUT2D eigenvalue weighted by atomic mass is 10.2. The molecule has 106 valence electrons. The number of nitrogens with zero attached hydrogens (tertiary/aromatic N) is 2. The predicted molar refractivity (Wildman–Crippen MR) is 84.5 cm³/mol. The third kappa shape index (κ3) is 5.90. The van der Waals surface area contributed by atoms with Crippen molar-refractivity contribution in [1.29, 1.82) is 0 Å². The van der Waals surface area contributed by atoms with E-state index in [-0.39, 0.29) is 5.78 Å². The minimum atomic E-state index is -0.430. The van der Waals surface area contributed by atoms with E-state index in [1.807, 2.05) is 12.1 Å². The Kier molecular flexibility index (Phi) is 6.98. The average Bonchev–Trinajstić information content (AvgIpc) is 2.40. The Bertz CT molecular complexity index is 554. The van der Waals surface area contributed by atoms with Gasteiger partial charge in [-0.1, -0.05) is 6.07 Å². The Morgan fingerprint density at radius 1 is 1.10 bits per heavy atom. The summed E-state index contributed by atoms with van der Waals surface area (Å²) >= 11 is 6.37. The van der Waals surface area contributed by atoms with Crippen molar-refractivity contribution in [1.82, 2.24) is 9.97 Å². The van der Waals surface area contributed by atoms with Crippen molar-refractivity contribution in [2.45, 2.75) is 20.0 Å². The molecule has 0 aromatic carbocycles. The number of Topliss-reactive ketones (excluding diaryl/α,β-unsaturated/α-hetero) is 1. The van der Waals surface area contributed by atoms with Crippen LogP contribution in [0.4, 0.5) is 0 Å². The lowest BCUT2D eigenvalue weighted by molar-refractivity contribution is 0.101. The van der Waals surface area contributed by atoms with E-state index >= 15 is 0 Å². The molecule has 1 N–H and O–H groups in total. The van der Waals surface area contributed by atoms with Crippen molar-refractivity contribution in [3.8, 4) is 0 Å². The van der Waals surface area contributed by atoms with Crippen LogP contribution in [-0.2, 0) is 0 Å². The van der Waals surface area contributed by atoms with E-state index in [4.69, 9.17) is 5.11 Å². The molecule has 2 rings (SSSR count). The van der Waals surface area contributed by atoms with E-state index in [0.717, 1.165) is 14.8 Å². The van der Waals surface area contributed by atoms with Gasteiger partial charge < -0.3 is 5.11 Å². The van der Waals surface area contributed by atoms with E-state index in [1.165, 1.54) is 6.92 Å². The molecule has 0 aliphatic carbocycles. The molecular weight excluding hydrogens is 388 g/mol. The molecule has 6 heteroatoms. The molecule has 20 heavy (non-hydrogen) atoms. The maximum absolute atomic E-state index is 10.7. The fourth-order valence-corrected chi connectivity index (χ4v) is 1.69. The maximum Gasteiger partial charge on any atom is 0.161 e. The first-order valence-electron chi connectivity index (χ1n) is 5.82. The summed E-state index contributed by atoms with van der Waals surface area (Å²) in [6.07, 6.45) is 2.77. The molecule has 0 aliphatic heterocycles. The number of pyridine rings is 2. The molecule has 2 heterocycles. The standard InChI is InChI=1S/C7H8BrNO.C7H6BrNO/c2*1-5(10)6-2-3-7(8)9-4-6/h2-5,10H,1H3;2-4H,1H3. The Morgan fingerprint density at radius 2 is 1.65 bits per heavy atom. The van der Waals surface area contributed by atoms with Crippen LogP contribution in [0.1, 0.15) is 35.9 Å². The lowest BCUT2D eigenvalue weighted by Gasteiger charge is -2.01. The molecule has 0 fully saturated rings. The SMILES string of the molecule is CC(=O)c1ccc(Br)nc1.CC(O)c1ccc(Br)nc1. The number of aromatic nitrogens is 2. The number of carbonyl (C=O) groups is 1. The summed E-state index contributed by atoms with van der Waals surface area (Å²) < 4.78 is 1.54. The maximum atomic E-state index is 10.7. The van der Waals surface area contributed by atoms with Gasteiger partial charge in [-0.2, -0.15) is 0 Å². The van der Waals surface area contributed by atoms with Crippen LogP contribution >= 0.6 is 31.9 Å². The number of aliphatic hydroxyl groups is 1. The number of hydrogen-bond donors (Lipinski definition) is 1. The highest BCUT2D eigenvalue weighted by molar-refractivity contribution is 9.10. The first-order chi connectivity index (χ1) is 9.40. The summed E-state index contributed by atoms with van der Waals surface area (Å²) in [5.41, 5.74) is 1.48. The summed E-state index contributed by atoms with van der Waals surface area (Å²) in [5.74, 6) is 0.0417. The van der Waals surface area contributed by atoms with Crippen LogP contribution in [0.2, 0.25) is 0 Å². The second-order valence-corrected chi connectivity index (χ2v) is 5.64. The van der Waals surface area contributed by atoms with Gasteiger partial charge in [-0.3, -0.25) is 4.79 Å². The van der Waals surface area contributed by atoms with Gasteiger partial charge in [0.2, 0.25) is 0 Å². The topological polar surface area (TPSA) is 63.1 Å². The summed E-state index contributed by atoms with van der Waals surface area (Å²) in [5, 5.41) is 9.06. The smallest absolute Gasteiger partial charge is 0.161 e. The Labute approximate surface area is 134 Å². The number of ketones is 1. The van der Waals surface area contributed by atoms with Gasteiger partial charge in [0.15, 0.2) is 5.78 Å². The van der Waals surface area contributed by atoms with Crippen LogP contribution in [0.25, 0.3) is 0 Å². The lowest BCUT2D eigenvalue weighted by Crippen LogP contribution is -1.91. The van der Waals surface area contributed by atoms with Crippen molar-refractivity contribution in [3.63, 3.8) is 0 Å². The molecule has 0 saturated heterocycles. The van der Waals surface area contributed by atoms with Crippen LogP contribution in [0.3, 0.4) is 0 Å². The number of carbonyl (C=O) groups excluding carboxylic acids is 1. The van der Waals surface area contributed by atoms with Crippen LogP contribution in [0, 0.1) is 0 Å². The van der Waals surface area contributed by atoms with Gasteiger partial charge in [-0.05, 0) is 69.5 Å². The number of halogens is 2. The van der Waals surface area contributed by atoms with Crippen molar-refractivity contribution in [2.24, 2.45) is 0 Å². The molecule has 0 radical (unpaired) electrons. The Morgan fingerprint density at radius 3 is 2.00 bits per heavy atom. The summed E-state index contributed by atoms with van der Waals surface area (Å²) in [4.78, 5) is 18.6. The molecule has 2 aromatic heterocycles. The zero-order chi connectivity index (χ0) is 15.1. The summed E-state index contributed by atoms with van der Waals surface area (Å²) in [6.45, 7) is 3.23. The molecule has 0 aliphatic rings. The van der Waals surface area contributed by atoms with E-state index in [2.05, 4.69) is 41.8 Å². The van der Waals surface area contributed by atoms with Gasteiger partial charge in [-0.15, -0.1) is 0 Å². The highest BCUT2D eigenvalue weighted by Gasteiger charge is 1.98. The first-order valence-corrected chi connectivity index (χ1v) is 7.40. The average molecular weight is 402 g/mol. The third-order valence-corrected chi connectivity index (χ3v) is 3.30. The minimum Gasteiger partial charge on any atom is -0.389 e. The summed E-state index contributed by atoms with van der Waals surface area (Å²) in [7, 11) is 0. The van der Waals surface area contributed by atoms with Crippen LogP contribution < -0.4 is 0 Å². The fourth-order valence-electron chi connectivity index (χ4n) is 1.22. The minimum absolute atomic E-state index is 0.0417. The quantitative estimate of drug-likeness (QED) is 0.611.